The molecule has 0 saturated heterocycles. The maximum absolute atomic E-state index is 2.56. The van der Waals surface area contributed by atoms with Crippen LogP contribution in [0.15, 0.2) is 182 Å². The van der Waals surface area contributed by atoms with Gasteiger partial charge >= 0.3 is 0 Å². The van der Waals surface area contributed by atoms with Crippen LogP contribution < -0.4 is 9.80 Å². The van der Waals surface area contributed by atoms with Crippen molar-refractivity contribution in [2.24, 2.45) is 0 Å². The number of para-hydroxylation sites is 2. The average Bonchev–Trinajstić information content (AvgIpc) is 4.10. The van der Waals surface area contributed by atoms with Crippen LogP contribution in [0.25, 0.3) is 76.2 Å². The molecule has 366 valence electrons. The molecule has 0 spiro atoms. The molecule has 9 aromatic carbocycles. The summed E-state index contributed by atoms with van der Waals surface area (Å²) < 4.78 is 5.12. The lowest BCUT2D eigenvalue weighted by atomic mass is 9.86. The second-order valence-electron chi connectivity index (χ2n) is 25.2. The van der Waals surface area contributed by atoms with E-state index in [4.69, 9.17) is 0 Å². The van der Waals surface area contributed by atoms with Gasteiger partial charge in [-0.2, -0.15) is 0 Å². The molecule has 4 heterocycles. The van der Waals surface area contributed by atoms with E-state index in [9.17, 15) is 0 Å². The molecule has 0 bridgehead atoms. The SMILES string of the molecule is CC(C)(C)c1ccc(N(c2ccc(C(C)(C)C)cc2)c2ccc3c4cc5c(cc4n4c6ccccc6c2c34)c2ccc(N(c3ccc(C(C)(C)C)cc3)c3ccc(C(C)(C)C)cc3)c3c4ccccc4n5c23)cc1. The largest absolute Gasteiger partial charge is 0.310 e. The molecule has 4 nitrogen and oxygen atoms in total. The second kappa shape index (κ2) is 15.8. The lowest BCUT2D eigenvalue weighted by molar-refractivity contribution is 0.590. The fraction of sp³-hybridized carbons (Fsp3) is 0.229. The molecule has 0 aliphatic heterocycles. The zero-order chi connectivity index (χ0) is 51.4. The molecular weight excluding hydrogens is 897 g/mol. The van der Waals surface area contributed by atoms with Crippen molar-refractivity contribution in [1.82, 2.24) is 8.80 Å². The summed E-state index contributed by atoms with van der Waals surface area (Å²) in [4.78, 5) is 4.96. The van der Waals surface area contributed by atoms with E-state index >= 15 is 0 Å². The van der Waals surface area contributed by atoms with Gasteiger partial charge in [-0.25, -0.2) is 0 Å². The smallest absolute Gasteiger partial charge is 0.0641 e. The first-order valence-electron chi connectivity index (χ1n) is 26.6. The predicted octanol–water partition coefficient (Wildman–Crippen LogP) is 20.1. The fourth-order valence-corrected chi connectivity index (χ4v) is 12.1. The zero-order valence-corrected chi connectivity index (χ0v) is 45.1. The Hall–Kier alpha value is -7.82. The van der Waals surface area contributed by atoms with Crippen molar-refractivity contribution in [3.8, 4) is 0 Å². The van der Waals surface area contributed by atoms with E-state index in [1.54, 1.807) is 0 Å². The Balaban J connectivity index is 1.07. The van der Waals surface area contributed by atoms with E-state index in [1.165, 1.54) is 110 Å². The molecule has 74 heavy (non-hydrogen) atoms. The molecule has 0 N–H and O–H groups in total. The van der Waals surface area contributed by atoms with E-state index in [1.807, 2.05) is 0 Å². The van der Waals surface area contributed by atoms with Crippen LogP contribution in [-0.4, -0.2) is 8.80 Å². The Morgan fingerprint density at radius 1 is 0.270 bits per heavy atom. The molecule has 0 unspecified atom stereocenters. The van der Waals surface area contributed by atoms with Gasteiger partial charge in [0, 0.05) is 65.8 Å². The molecule has 0 aliphatic carbocycles. The zero-order valence-electron chi connectivity index (χ0n) is 45.1. The van der Waals surface area contributed by atoms with Gasteiger partial charge < -0.3 is 18.6 Å². The normalized spacial score (nSPS) is 13.1. The molecule has 0 saturated carbocycles. The van der Waals surface area contributed by atoms with Crippen LogP contribution in [0.2, 0.25) is 0 Å². The monoisotopic (exact) mass is 963 g/mol. The van der Waals surface area contributed by atoms with Gasteiger partial charge in [-0.3, -0.25) is 0 Å². The highest BCUT2D eigenvalue weighted by Gasteiger charge is 2.29. The Kier molecular flexibility index (Phi) is 9.85. The Labute approximate surface area is 435 Å². The predicted molar refractivity (Wildman–Crippen MR) is 320 cm³/mol. The molecule has 0 amide bonds. The number of nitrogens with zero attached hydrogens (tertiary/aromatic N) is 4. The lowest BCUT2D eigenvalue weighted by Gasteiger charge is -2.28. The highest BCUT2D eigenvalue weighted by Crippen LogP contribution is 2.52. The molecule has 4 aromatic heterocycles. The summed E-state index contributed by atoms with van der Waals surface area (Å²) >= 11 is 0. The summed E-state index contributed by atoms with van der Waals surface area (Å²) in [7, 11) is 0. The number of aromatic nitrogens is 2. The Bertz CT molecular complexity index is 3890. The van der Waals surface area contributed by atoms with Gasteiger partial charge in [0.1, 0.15) is 0 Å². The Morgan fingerprint density at radius 2 is 0.554 bits per heavy atom. The first-order valence-corrected chi connectivity index (χ1v) is 26.6. The maximum atomic E-state index is 2.56. The molecule has 13 rings (SSSR count). The van der Waals surface area contributed by atoms with Crippen LogP contribution in [0, 0.1) is 0 Å². The van der Waals surface area contributed by atoms with Gasteiger partial charge in [0.25, 0.3) is 0 Å². The number of anilines is 6. The number of hydrogen-bond donors (Lipinski definition) is 0. The summed E-state index contributed by atoms with van der Waals surface area (Å²) in [5, 5.41) is 10.1. The second-order valence-corrected chi connectivity index (χ2v) is 25.2. The summed E-state index contributed by atoms with van der Waals surface area (Å²) in [5.74, 6) is 0. The summed E-state index contributed by atoms with van der Waals surface area (Å²) in [6.07, 6.45) is 0. The van der Waals surface area contributed by atoms with Crippen LogP contribution >= 0.6 is 0 Å². The molecule has 4 heteroatoms. The maximum Gasteiger partial charge on any atom is 0.0641 e. The van der Waals surface area contributed by atoms with Gasteiger partial charge in [-0.1, -0.05) is 180 Å². The minimum Gasteiger partial charge on any atom is -0.310 e. The molecule has 0 fully saturated rings. The van der Waals surface area contributed by atoms with Crippen LogP contribution in [0.4, 0.5) is 34.1 Å². The number of hydrogen-bond acceptors (Lipinski definition) is 2. The number of fused-ring (bicyclic) bond motifs is 12. The molecular formula is C70H66N4. The van der Waals surface area contributed by atoms with Crippen LogP contribution in [0.1, 0.15) is 105 Å². The summed E-state index contributed by atoms with van der Waals surface area (Å²) in [6, 6.07) is 69.6. The third-order valence-corrected chi connectivity index (χ3v) is 16.2. The highest BCUT2D eigenvalue weighted by molar-refractivity contribution is 6.32. The average molecular weight is 963 g/mol. The quantitative estimate of drug-likeness (QED) is 0.165. The first-order chi connectivity index (χ1) is 35.3. The van der Waals surface area contributed by atoms with Crippen LogP contribution in [-0.2, 0) is 21.7 Å². The van der Waals surface area contributed by atoms with Gasteiger partial charge in [0.2, 0.25) is 0 Å². The topological polar surface area (TPSA) is 15.3 Å². The summed E-state index contributed by atoms with van der Waals surface area (Å²) in [5.41, 5.74) is 19.8. The first kappa shape index (κ1) is 46.0. The highest BCUT2D eigenvalue weighted by atomic mass is 15.2. The molecule has 13 aromatic rings. The van der Waals surface area contributed by atoms with Crippen molar-refractivity contribution < 1.29 is 0 Å². The van der Waals surface area contributed by atoms with Crippen LogP contribution in [0.5, 0.6) is 0 Å². The molecule has 0 radical (unpaired) electrons. The van der Waals surface area contributed by atoms with Crippen molar-refractivity contribution in [3.63, 3.8) is 0 Å². The number of benzene rings is 9. The third kappa shape index (κ3) is 6.94. The van der Waals surface area contributed by atoms with Crippen molar-refractivity contribution in [3.05, 3.63) is 204 Å². The van der Waals surface area contributed by atoms with E-state index in [2.05, 4.69) is 284 Å². The fourth-order valence-electron chi connectivity index (χ4n) is 12.1. The Morgan fingerprint density at radius 3 is 0.838 bits per heavy atom. The summed E-state index contributed by atoms with van der Waals surface area (Å²) in [6.45, 7) is 27.5. The van der Waals surface area contributed by atoms with Crippen molar-refractivity contribution >= 4 is 110 Å². The van der Waals surface area contributed by atoms with E-state index in [0.717, 1.165) is 22.7 Å². The van der Waals surface area contributed by atoms with Crippen molar-refractivity contribution in [2.75, 3.05) is 9.80 Å². The van der Waals surface area contributed by atoms with Crippen LogP contribution in [0.3, 0.4) is 0 Å². The standard InChI is InChI=1S/C70H66N4/c1-67(2,3)43-21-29-47(30-22-43)71(48-31-23-44(24-32-48)68(4,5)6)59-39-37-51-55-41-62-56(42-61(55)73-57-19-15-13-17-53(57)63(59)65(51)73)52-38-40-60(64-54-18-14-16-20-58(54)74(62)66(52)64)72(49-33-25-45(26-34-49)69(7,8)9)50-35-27-46(28-36-50)70(10,11)12/h13-42H,1-12H3. The minimum atomic E-state index is 0.0462. The molecule has 0 atom stereocenters. The van der Waals surface area contributed by atoms with Crippen molar-refractivity contribution in [2.45, 2.75) is 105 Å². The van der Waals surface area contributed by atoms with Crippen molar-refractivity contribution in [1.29, 1.82) is 0 Å². The van der Waals surface area contributed by atoms with E-state index < -0.39 is 0 Å². The van der Waals surface area contributed by atoms with Gasteiger partial charge in [-0.15, -0.1) is 0 Å². The lowest BCUT2D eigenvalue weighted by Crippen LogP contribution is -2.14. The van der Waals surface area contributed by atoms with E-state index in [0.29, 0.717) is 0 Å². The van der Waals surface area contributed by atoms with Gasteiger partial charge in [0.15, 0.2) is 0 Å². The van der Waals surface area contributed by atoms with E-state index in [-0.39, 0.29) is 21.7 Å². The molecule has 0 aliphatic rings. The third-order valence-electron chi connectivity index (χ3n) is 16.2. The minimum absolute atomic E-state index is 0.0462. The number of rotatable bonds is 6. The van der Waals surface area contributed by atoms with Gasteiger partial charge in [0.05, 0.1) is 44.5 Å². The van der Waals surface area contributed by atoms with Gasteiger partial charge in [-0.05, 0) is 129 Å².